The summed E-state index contributed by atoms with van der Waals surface area (Å²) in [5, 5.41) is 6.38. The van der Waals surface area contributed by atoms with Gasteiger partial charge in [0, 0.05) is 17.3 Å². The molecule has 0 saturated heterocycles. The number of nitrogens with one attached hydrogen (secondary N) is 2. The van der Waals surface area contributed by atoms with Crippen LogP contribution in [-0.2, 0) is 9.59 Å². The van der Waals surface area contributed by atoms with Crippen molar-refractivity contribution >= 4 is 23.7 Å². The monoisotopic (exact) mass is 369 g/mol. The molecule has 7 heteroatoms. The van der Waals surface area contributed by atoms with E-state index in [4.69, 9.17) is 9.47 Å². The van der Waals surface area contributed by atoms with Gasteiger partial charge in [0.2, 0.25) is 0 Å². The van der Waals surface area contributed by atoms with Crippen LogP contribution in [0.2, 0.25) is 0 Å². The molecule has 0 radical (unpaired) electrons. The lowest BCUT2D eigenvalue weighted by molar-refractivity contribution is -0.136. The number of hydrogen-bond acceptors (Lipinski definition) is 5. The Morgan fingerprint density at radius 3 is 2.48 bits per heavy atom. The van der Waals surface area contributed by atoms with E-state index in [0.717, 1.165) is 5.56 Å². The van der Waals surface area contributed by atoms with Gasteiger partial charge in [-0.3, -0.25) is 9.59 Å². The first-order chi connectivity index (χ1) is 13.0. The molecule has 0 unspecified atom stereocenters. The van der Waals surface area contributed by atoms with Crippen molar-refractivity contribution in [2.24, 2.45) is 5.10 Å². The highest BCUT2D eigenvalue weighted by Crippen LogP contribution is 2.24. The SMILES string of the molecule is CCOc1ccc(/C=N\NC(=O)C(=O)Nc2ccccc2C)c(OCC)c1. The summed E-state index contributed by atoms with van der Waals surface area (Å²) in [5.74, 6) is -0.401. The van der Waals surface area contributed by atoms with Crippen LogP contribution in [0.25, 0.3) is 0 Å². The molecule has 0 saturated carbocycles. The summed E-state index contributed by atoms with van der Waals surface area (Å²) in [6.45, 7) is 6.62. The van der Waals surface area contributed by atoms with E-state index in [1.165, 1.54) is 6.21 Å². The Hall–Kier alpha value is -3.35. The van der Waals surface area contributed by atoms with E-state index < -0.39 is 11.8 Å². The zero-order chi connectivity index (χ0) is 19.6. The minimum absolute atomic E-state index is 0.474. The van der Waals surface area contributed by atoms with Crippen molar-refractivity contribution < 1.29 is 19.1 Å². The van der Waals surface area contributed by atoms with Gasteiger partial charge in [0.15, 0.2) is 0 Å². The molecule has 0 aliphatic carbocycles. The van der Waals surface area contributed by atoms with Gasteiger partial charge in [-0.25, -0.2) is 5.43 Å². The second kappa shape index (κ2) is 9.96. The number of carbonyl (C=O) groups is 2. The number of nitrogens with zero attached hydrogens (tertiary/aromatic N) is 1. The zero-order valence-electron chi connectivity index (χ0n) is 15.6. The highest BCUT2D eigenvalue weighted by atomic mass is 16.5. The van der Waals surface area contributed by atoms with Gasteiger partial charge in [0.05, 0.1) is 19.4 Å². The summed E-state index contributed by atoms with van der Waals surface area (Å²) in [5.41, 5.74) is 4.30. The van der Waals surface area contributed by atoms with E-state index in [-0.39, 0.29) is 0 Å². The molecule has 0 aliphatic rings. The Balaban J connectivity index is 2.00. The molecular formula is C20H23N3O4. The average molecular weight is 369 g/mol. The van der Waals surface area contributed by atoms with Crippen molar-refractivity contribution in [1.29, 1.82) is 0 Å². The Labute approximate surface area is 158 Å². The molecule has 2 aromatic carbocycles. The molecule has 2 aromatic rings. The average Bonchev–Trinajstić information content (AvgIpc) is 2.65. The van der Waals surface area contributed by atoms with Crippen LogP contribution < -0.4 is 20.2 Å². The maximum absolute atomic E-state index is 12.0. The van der Waals surface area contributed by atoms with Gasteiger partial charge in [0.25, 0.3) is 0 Å². The zero-order valence-corrected chi connectivity index (χ0v) is 15.6. The van der Waals surface area contributed by atoms with Gasteiger partial charge in [-0.05, 0) is 44.5 Å². The second-order valence-corrected chi connectivity index (χ2v) is 5.53. The predicted octanol–water partition coefficient (Wildman–Crippen LogP) is 2.88. The quantitative estimate of drug-likeness (QED) is 0.446. The molecule has 0 heterocycles. The predicted molar refractivity (Wildman–Crippen MR) is 104 cm³/mol. The number of hydrazone groups is 1. The van der Waals surface area contributed by atoms with Crippen molar-refractivity contribution in [3.05, 3.63) is 53.6 Å². The third-order valence-electron chi connectivity index (χ3n) is 3.57. The van der Waals surface area contributed by atoms with Gasteiger partial charge in [-0.2, -0.15) is 5.10 Å². The summed E-state index contributed by atoms with van der Waals surface area (Å²) in [4.78, 5) is 23.9. The lowest BCUT2D eigenvalue weighted by Gasteiger charge is -2.10. The molecule has 7 nitrogen and oxygen atoms in total. The molecule has 0 fully saturated rings. The largest absolute Gasteiger partial charge is 0.494 e. The Bertz CT molecular complexity index is 834. The van der Waals surface area contributed by atoms with Crippen molar-refractivity contribution in [1.82, 2.24) is 5.43 Å². The van der Waals surface area contributed by atoms with Gasteiger partial charge in [0.1, 0.15) is 11.5 Å². The summed E-state index contributed by atoms with van der Waals surface area (Å²) in [6.07, 6.45) is 1.42. The fourth-order valence-corrected chi connectivity index (χ4v) is 2.26. The van der Waals surface area contributed by atoms with Gasteiger partial charge in [-0.15, -0.1) is 0 Å². The lowest BCUT2D eigenvalue weighted by Crippen LogP contribution is -2.32. The molecule has 27 heavy (non-hydrogen) atoms. The number of amides is 2. The Kier molecular flexibility index (Phi) is 7.37. The fourth-order valence-electron chi connectivity index (χ4n) is 2.26. The first-order valence-corrected chi connectivity index (χ1v) is 8.64. The highest BCUT2D eigenvalue weighted by molar-refractivity contribution is 6.39. The van der Waals surface area contributed by atoms with E-state index in [9.17, 15) is 9.59 Å². The smallest absolute Gasteiger partial charge is 0.329 e. The van der Waals surface area contributed by atoms with Crippen LogP contribution in [0.15, 0.2) is 47.6 Å². The Morgan fingerprint density at radius 1 is 1.04 bits per heavy atom. The van der Waals surface area contributed by atoms with Crippen LogP contribution in [0.1, 0.15) is 25.0 Å². The van der Waals surface area contributed by atoms with Gasteiger partial charge >= 0.3 is 11.8 Å². The van der Waals surface area contributed by atoms with E-state index in [0.29, 0.717) is 36.0 Å². The summed E-state index contributed by atoms with van der Waals surface area (Å²) < 4.78 is 11.0. The molecular weight excluding hydrogens is 346 g/mol. The number of aryl methyl sites for hydroxylation is 1. The maximum Gasteiger partial charge on any atom is 0.329 e. The molecule has 2 amide bonds. The maximum atomic E-state index is 12.0. The van der Waals surface area contributed by atoms with Crippen LogP contribution in [0.4, 0.5) is 5.69 Å². The minimum Gasteiger partial charge on any atom is -0.494 e. The molecule has 0 aliphatic heterocycles. The number of ether oxygens (including phenoxy) is 2. The van der Waals surface area contributed by atoms with Gasteiger partial charge < -0.3 is 14.8 Å². The fraction of sp³-hybridized carbons (Fsp3) is 0.250. The van der Waals surface area contributed by atoms with E-state index in [1.54, 1.807) is 30.3 Å². The number of anilines is 1. The standard InChI is InChI=1S/C20H23N3O4/c1-4-26-16-11-10-15(18(12-16)27-5-2)13-21-23-20(25)19(24)22-17-9-7-6-8-14(17)3/h6-13H,4-5H2,1-3H3,(H,22,24)(H,23,25)/b21-13-. The van der Waals surface area contributed by atoms with E-state index >= 15 is 0 Å². The van der Waals surface area contributed by atoms with Crippen LogP contribution in [0.5, 0.6) is 11.5 Å². The third-order valence-corrected chi connectivity index (χ3v) is 3.57. The minimum atomic E-state index is -0.863. The van der Waals surface area contributed by atoms with Crippen LogP contribution >= 0.6 is 0 Å². The van der Waals surface area contributed by atoms with Crippen LogP contribution in [0.3, 0.4) is 0 Å². The molecule has 0 bridgehead atoms. The van der Waals surface area contributed by atoms with Crippen molar-refractivity contribution in [2.75, 3.05) is 18.5 Å². The summed E-state index contributed by atoms with van der Waals surface area (Å²) in [7, 11) is 0. The molecule has 2 N–H and O–H groups in total. The number of carbonyl (C=O) groups excluding carboxylic acids is 2. The number of para-hydroxylation sites is 1. The molecule has 142 valence electrons. The first-order valence-electron chi connectivity index (χ1n) is 8.64. The first kappa shape index (κ1) is 20.0. The normalized spacial score (nSPS) is 10.5. The Morgan fingerprint density at radius 2 is 1.78 bits per heavy atom. The summed E-state index contributed by atoms with van der Waals surface area (Å²) in [6, 6.07) is 12.5. The highest BCUT2D eigenvalue weighted by Gasteiger charge is 2.13. The van der Waals surface area contributed by atoms with Crippen molar-refractivity contribution in [3.8, 4) is 11.5 Å². The van der Waals surface area contributed by atoms with Crippen LogP contribution in [0, 0.1) is 6.92 Å². The van der Waals surface area contributed by atoms with Crippen LogP contribution in [-0.4, -0.2) is 31.2 Å². The third kappa shape index (κ3) is 5.85. The van der Waals surface area contributed by atoms with E-state index in [1.807, 2.05) is 32.9 Å². The topological polar surface area (TPSA) is 89.0 Å². The van der Waals surface area contributed by atoms with Crippen molar-refractivity contribution in [3.63, 3.8) is 0 Å². The summed E-state index contributed by atoms with van der Waals surface area (Å²) >= 11 is 0. The van der Waals surface area contributed by atoms with Crippen molar-refractivity contribution in [2.45, 2.75) is 20.8 Å². The molecule has 0 atom stereocenters. The molecule has 0 spiro atoms. The number of benzene rings is 2. The molecule has 2 rings (SSSR count). The second-order valence-electron chi connectivity index (χ2n) is 5.53. The van der Waals surface area contributed by atoms with Gasteiger partial charge in [-0.1, -0.05) is 18.2 Å². The number of hydrogen-bond donors (Lipinski definition) is 2. The number of rotatable bonds is 7. The van der Waals surface area contributed by atoms with E-state index in [2.05, 4.69) is 15.8 Å². The lowest BCUT2D eigenvalue weighted by atomic mass is 10.2. The molecule has 0 aromatic heterocycles.